The molecule has 1 rings (SSSR count). The van der Waals surface area contributed by atoms with Crippen LogP contribution in [0.15, 0.2) is 36.4 Å². The maximum Gasteiger partial charge on any atom is 0.328 e. The molecular formula is C15H18FNO2. The van der Waals surface area contributed by atoms with Crippen molar-refractivity contribution in [3.8, 4) is 0 Å². The van der Waals surface area contributed by atoms with Crippen molar-refractivity contribution in [3.63, 3.8) is 0 Å². The summed E-state index contributed by atoms with van der Waals surface area (Å²) in [5, 5.41) is 8.66. The summed E-state index contributed by atoms with van der Waals surface area (Å²) >= 11 is 0. The van der Waals surface area contributed by atoms with Crippen LogP contribution in [0, 0.1) is 5.82 Å². The molecule has 0 saturated carbocycles. The minimum Gasteiger partial charge on any atom is -0.478 e. The number of hydrogen-bond donors (Lipinski definition) is 1. The molecule has 0 radical (unpaired) electrons. The van der Waals surface area contributed by atoms with E-state index in [4.69, 9.17) is 5.11 Å². The monoisotopic (exact) mass is 263 g/mol. The van der Waals surface area contributed by atoms with Gasteiger partial charge in [0.25, 0.3) is 0 Å². The maximum absolute atomic E-state index is 13.8. The molecule has 0 bridgehead atoms. The number of carboxylic acid groups (broad SMARTS) is 1. The van der Waals surface area contributed by atoms with E-state index in [0.717, 1.165) is 11.6 Å². The van der Waals surface area contributed by atoms with Gasteiger partial charge in [0.05, 0.1) is 0 Å². The molecule has 102 valence electrons. The molecule has 1 aromatic rings. The number of carbonyl (C=O) groups is 1. The predicted molar refractivity (Wildman–Crippen MR) is 75.8 cm³/mol. The molecule has 0 aliphatic rings. The van der Waals surface area contributed by atoms with Crippen molar-refractivity contribution in [1.29, 1.82) is 0 Å². The molecule has 0 atom stereocenters. The van der Waals surface area contributed by atoms with Crippen molar-refractivity contribution in [2.24, 2.45) is 0 Å². The SMILES string of the molecule is C=C(C)CN(CC)c1cccc(F)c1/C=C/C(=O)O. The smallest absolute Gasteiger partial charge is 0.328 e. The Kier molecular flexibility index (Phi) is 5.30. The molecule has 1 N–H and O–H groups in total. The molecule has 0 spiro atoms. The van der Waals surface area contributed by atoms with Crippen molar-refractivity contribution in [2.45, 2.75) is 13.8 Å². The number of anilines is 1. The van der Waals surface area contributed by atoms with Gasteiger partial charge in [0.1, 0.15) is 5.82 Å². The number of hydrogen-bond acceptors (Lipinski definition) is 2. The van der Waals surface area contributed by atoms with Gasteiger partial charge in [0.15, 0.2) is 0 Å². The Morgan fingerprint density at radius 2 is 2.21 bits per heavy atom. The third-order valence-corrected chi connectivity index (χ3v) is 2.61. The maximum atomic E-state index is 13.8. The van der Waals surface area contributed by atoms with Crippen molar-refractivity contribution < 1.29 is 14.3 Å². The van der Waals surface area contributed by atoms with E-state index in [1.165, 1.54) is 12.1 Å². The molecule has 0 saturated heterocycles. The van der Waals surface area contributed by atoms with Crippen molar-refractivity contribution in [1.82, 2.24) is 0 Å². The average molecular weight is 263 g/mol. The number of nitrogens with zero attached hydrogens (tertiary/aromatic N) is 1. The molecule has 0 unspecified atom stereocenters. The first-order chi connectivity index (χ1) is 8.95. The molecule has 0 aliphatic carbocycles. The van der Waals surface area contributed by atoms with Gasteiger partial charge >= 0.3 is 5.97 Å². The second kappa shape index (κ2) is 6.73. The van der Waals surface area contributed by atoms with E-state index in [-0.39, 0.29) is 5.56 Å². The van der Waals surface area contributed by atoms with Gasteiger partial charge in [-0.05, 0) is 32.1 Å². The van der Waals surface area contributed by atoms with E-state index >= 15 is 0 Å². The van der Waals surface area contributed by atoms with Crippen molar-refractivity contribution in [2.75, 3.05) is 18.0 Å². The molecule has 4 heteroatoms. The molecule has 0 amide bonds. The first-order valence-electron chi connectivity index (χ1n) is 6.04. The average Bonchev–Trinajstić information content (AvgIpc) is 2.33. The Labute approximate surface area is 112 Å². The van der Waals surface area contributed by atoms with Crippen LogP contribution in [0.2, 0.25) is 0 Å². The lowest BCUT2D eigenvalue weighted by molar-refractivity contribution is -0.131. The number of likely N-dealkylation sites (N-methyl/N-ethyl adjacent to an activating group) is 1. The molecule has 1 aromatic carbocycles. The molecule has 0 fully saturated rings. The van der Waals surface area contributed by atoms with Crippen LogP contribution in [0.5, 0.6) is 0 Å². The summed E-state index contributed by atoms with van der Waals surface area (Å²) in [5.41, 5.74) is 1.91. The fourth-order valence-corrected chi connectivity index (χ4v) is 1.81. The van der Waals surface area contributed by atoms with Crippen LogP contribution < -0.4 is 4.90 Å². The lowest BCUT2D eigenvalue weighted by Gasteiger charge is -2.25. The van der Waals surface area contributed by atoms with Crippen LogP contribution in [0.25, 0.3) is 6.08 Å². The largest absolute Gasteiger partial charge is 0.478 e. The zero-order chi connectivity index (χ0) is 14.4. The van der Waals surface area contributed by atoms with Crippen molar-refractivity contribution >= 4 is 17.7 Å². The van der Waals surface area contributed by atoms with E-state index in [2.05, 4.69) is 6.58 Å². The quantitative estimate of drug-likeness (QED) is 0.632. The van der Waals surface area contributed by atoms with Gasteiger partial charge in [0, 0.05) is 30.4 Å². The third-order valence-electron chi connectivity index (χ3n) is 2.61. The predicted octanol–water partition coefficient (Wildman–Crippen LogP) is 3.33. The van der Waals surface area contributed by atoms with Crippen LogP contribution in [0.3, 0.4) is 0 Å². The Balaban J connectivity index is 3.21. The highest BCUT2D eigenvalue weighted by Crippen LogP contribution is 2.25. The fraction of sp³-hybridized carbons (Fsp3) is 0.267. The molecule has 0 aliphatic heterocycles. The first-order valence-corrected chi connectivity index (χ1v) is 6.04. The highest BCUT2D eigenvalue weighted by atomic mass is 19.1. The molecule has 3 nitrogen and oxygen atoms in total. The van der Waals surface area contributed by atoms with Gasteiger partial charge in [-0.2, -0.15) is 0 Å². The fourth-order valence-electron chi connectivity index (χ4n) is 1.81. The minimum absolute atomic E-state index is 0.285. The number of aliphatic carboxylic acids is 1. The zero-order valence-electron chi connectivity index (χ0n) is 11.2. The lowest BCUT2D eigenvalue weighted by Crippen LogP contribution is -2.25. The number of benzene rings is 1. The Morgan fingerprint density at radius 3 is 2.74 bits per heavy atom. The minimum atomic E-state index is -1.10. The standard InChI is InChI=1S/C15H18FNO2/c1-4-17(10-11(2)3)14-7-5-6-13(16)12(14)8-9-15(18)19/h5-9H,2,4,10H2,1,3H3,(H,18,19)/b9-8+. The summed E-state index contributed by atoms with van der Waals surface area (Å²) in [5.74, 6) is -1.53. The molecule has 0 aromatic heterocycles. The van der Waals surface area contributed by atoms with E-state index in [1.807, 2.05) is 18.7 Å². The van der Waals surface area contributed by atoms with E-state index < -0.39 is 11.8 Å². The zero-order valence-corrected chi connectivity index (χ0v) is 11.2. The molecular weight excluding hydrogens is 245 g/mol. The Hall–Kier alpha value is -2.10. The first kappa shape index (κ1) is 15.0. The summed E-state index contributed by atoms with van der Waals surface area (Å²) in [6.45, 7) is 8.99. The number of carboxylic acids is 1. The number of halogens is 1. The van der Waals surface area contributed by atoms with Gasteiger partial charge in [0.2, 0.25) is 0 Å². The summed E-state index contributed by atoms with van der Waals surface area (Å²) in [7, 11) is 0. The van der Waals surface area contributed by atoms with Crippen LogP contribution in [0.4, 0.5) is 10.1 Å². The second-order valence-electron chi connectivity index (χ2n) is 4.32. The second-order valence-corrected chi connectivity index (χ2v) is 4.32. The summed E-state index contributed by atoms with van der Waals surface area (Å²) in [6.07, 6.45) is 2.23. The summed E-state index contributed by atoms with van der Waals surface area (Å²) in [4.78, 5) is 12.5. The van der Waals surface area contributed by atoms with Gasteiger partial charge in [-0.3, -0.25) is 0 Å². The molecule has 19 heavy (non-hydrogen) atoms. The van der Waals surface area contributed by atoms with Crippen LogP contribution in [0.1, 0.15) is 19.4 Å². The van der Waals surface area contributed by atoms with Crippen molar-refractivity contribution in [3.05, 3.63) is 47.8 Å². The van der Waals surface area contributed by atoms with E-state index in [0.29, 0.717) is 18.8 Å². The number of rotatable bonds is 6. The van der Waals surface area contributed by atoms with Gasteiger partial charge in [-0.15, -0.1) is 0 Å². The highest BCUT2D eigenvalue weighted by molar-refractivity contribution is 5.87. The summed E-state index contributed by atoms with van der Waals surface area (Å²) < 4.78 is 13.8. The normalized spacial score (nSPS) is 10.7. The summed E-state index contributed by atoms with van der Waals surface area (Å²) in [6, 6.07) is 4.71. The van der Waals surface area contributed by atoms with Gasteiger partial charge < -0.3 is 10.0 Å². The van der Waals surface area contributed by atoms with Crippen LogP contribution in [-0.4, -0.2) is 24.2 Å². The highest BCUT2D eigenvalue weighted by Gasteiger charge is 2.12. The molecule has 0 heterocycles. The third kappa shape index (κ3) is 4.25. The van der Waals surface area contributed by atoms with E-state index in [9.17, 15) is 9.18 Å². The van der Waals surface area contributed by atoms with Crippen LogP contribution in [-0.2, 0) is 4.79 Å². The Morgan fingerprint density at radius 1 is 1.53 bits per heavy atom. The van der Waals surface area contributed by atoms with Gasteiger partial charge in [-0.1, -0.05) is 18.2 Å². The lowest BCUT2D eigenvalue weighted by atomic mass is 10.1. The van der Waals surface area contributed by atoms with Gasteiger partial charge in [-0.25, -0.2) is 9.18 Å². The topological polar surface area (TPSA) is 40.5 Å². The van der Waals surface area contributed by atoms with E-state index in [1.54, 1.807) is 12.1 Å². The Bertz CT molecular complexity index is 509. The van der Waals surface area contributed by atoms with Crippen LogP contribution >= 0.6 is 0 Å².